The predicted molar refractivity (Wildman–Crippen MR) is 97.7 cm³/mol. The summed E-state index contributed by atoms with van der Waals surface area (Å²) in [6, 6.07) is 14.6. The number of nitrogens with one attached hydrogen (secondary N) is 2. The van der Waals surface area contributed by atoms with Crippen LogP contribution in [0.2, 0.25) is 0 Å². The van der Waals surface area contributed by atoms with Crippen molar-refractivity contribution in [3.8, 4) is 0 Å². The van der Waals surface area contributed by atoms with Gasteiger partial charge in [0.2, 0.25) is 11.8 Å². The molecule has 0 spiro atoms. The van der Waals surface area contributed by atoms with Gasteiger partial charge in [0.05, 0.1) is 0 Å². The van der Waals surface area contributed by atoms with E-state index in [2.05, 4.69) is 10.6 Å². The smallest absolute Gasteiger partial charge is 0.226 e. The monoisotopic (exact) mass is 325 g/mol. The van der Waals surface area contributed by atoms with Gasteiger partial charge in [-0.25, -0.2) is 0 Å². The van der Waals surface area contributed by atoms with Crippen LogP contribution in [-0.2, 0) is 16.0 Å². The van der Waals surface area contributed by atoms with Crippen molar-refractivity contribution in [1.29, 1.82) is 0 Å². The SMILES string of the molecule is CC(C)C(=O)Nc1ccc(NC(=O)CCc2cccc(N)c2)cc1. The quantitative estimate of drug-likeness (QED) is 0.711. The zero-order chi connectivity index (χ0) is 17.5. The highest BCUT2D eigenvalue weighted by atomic mass is 16.2. The Labute approximate surface area is 142 Å². The topological polar surface area (TPSA) is 84.2 Å². The molecule has 5 heteroatoms. The van der Waals surface area contributed by atoms with Gasteiger partial charge in [-0.05, 0) is 48.4 Å². The van der Waals surface area contributed by atoms with Crippen LogP contribution in [0.5, 0.6) is 0 Å². The maximum absolute atomic E-state index is 12.0. The third kappa shape index (κ3) is 5.43. The van der Waals surface area contributed by atoms with Gasteiger partial charge in [-0.1, -0.05) is 26.0 Å². The molecule has 0 bridgehead atoms. The number of carbonyl (C=O) groups excluding carboxylic acids is 2. The Hall–Kier alpha value is -2.82. The zero-order valence-electron chi connectivity index (χ0n) is 14.0. The van der Waals surface area contributed by atoms with Crippen LogP contribution in [0.25, 0.3) is 0 Å². The average Bonchev–Trinajstić information content (AvgIpc) is 2.55. The molecule has 24 heavy (non-hydrogen) atoms. The molecule has 5 nitrogen and oxygen atoms in total. The van der Waals surface area contributed by atoms with Crippen molar-refractivity contribution in [1.82, 2.24) is 0 Å². The summed E-state index contributed by atoms with van der Waals surface area (Å²) in [6.07, 6.45) is 1.02. The second kappa shape index (κ2) is 8.15. The summed E-state index contributed by atoms with van der Waals surface area (Å²) >= 11 is 0. The van der Waals surface area contributed by atoms with Crippen LogP contribution in [0.1, 0.15) is 25.8 Å². The molecule has 0 aromatic heterocycles. The molecule has 0 unspecified atom stereocenters. The van der Waals surface area contributed by atoms with Gasteiger partial charge in [0.25, 0.3) is 0 Å². The van der Waals surface area contributed by atoms with Crippen molar-refractivity contribution in [2.24, 2.45) is 5.92 Å². The number of carbonyl (C=O) groups is 2. The molecule has 0 saturated heterocycles. The van der Waals surface area contributed by atoms with Gasteiger partial charge in [0.15, 0.2) is 0 Å². The molecule has 0 radical (unpaired) electrons. The maximum Gasteiger partial charge on any atom is 0.226 e. The Bertz CT molecular complexity index is 709. The number of anilines is 3. The van der Waals surface area contributed by atoms with Gasteiger partial charge < -0.3 is 16.4 Å². The molecule has 0 aliphatic heterocycles. The Kier molecular flexibility index (Phi) is 5.95. The van der Waals surface area contributed by atoms with Crippen LogP contribution in [0.15, 0.2) is 48.5 Å². The lowest BCUT2D eigenvalue weighted by atomic mass is 10.1. The normalized spacial score (nSPS) is 10.5. The van der Waals surface area contributed by atoms with Gasteiger partial charge in [0, 0.05) is 29.4 Å². The van der Waals surface area contributed by atoms with E-state index in [1.54, 1.807) is 24.3 Å². The van der Waals surface area contributed by atoms with E-state index >= 15 is 0 Å². The third-order valence-electron chi connectivity index (χ3n) is 3.55. The van der Waals surface area contributed by atoms with Crippen molar-refractivity contribution in [3.05, 3.63) is 54.1 Å². The first kappa shape index (κ1) is 17.5. The number of hydrogen-bond donors (Lipinski definition) is 3. The molecule has 0 fully saturated rings. The van der Waals surface area contributed by atoms with E-state index in [0.29, 0.717) is 29.9 Å². The van der Waals surface area contributed by atoms with Crippen LogP contribution >= 0.6 is 0 Å². The van der Waals surface area contributed by atoms with E-state index in [4.69, 9.17) is 5.73 Å². The molecule has 0 aliphatic carbocycles. The summed E-state index contributed by atoms with van der Waals surface area (Å²) < 4.78 is 0. The highest BCUT2D eigenvalue weighted by molar-refractivity contribution is 5.93. The summed E-state index contributed by atoms with van der Waals surface area (Å²) in [7, 11) is 0. The van der Waals surface area contributed by atoms with Crippen molar-refractivity contribution in [2.45, 2.75) is 26.7 Å². The highest BCUT2D eigenvalue weighted by Gasteiger charge is 2.07. The lowest BCUT2D eigenvalue weighted by molar-refractivity contribution is -0.119. The van der Waals surface area contributed by atoms with Crippen molar-refractivity contribution < 1.29 is 9.59 Å². The number of nitrogens with two attached hydrogens (primary N) is 1. The van der Waals surface area contributed by atoms with E-state index in [1.165, 1.54) is 0 Å². The minimum Gasteiger partial charge on any atom is -0.399 e. The summed E-state index contributed by atoms with van der Waals surface area (Å²) in [6.45, 7) is 3.68. The number of rotatable bonds is 6. The number of benzene rings is 2. The fraction of sp³-hybridized carbons (Fsp3) is 0.263. The van der Waals surface area contributed by atoms with E-state index in [1.807, 2.05) is 38.1 Å². The number of amides is 2. The number of aryl methyl sites for hydroxylation is 1. The van der Waals surface area contributed by atoms with Crippen LogP contribution in [-0.4, -0.2) is 11.8 Å². The standard InChI is InChI=1S/C19H23N3O2/c1-13(2)19(24)22-17-9-7-16(8-10-17)21-18(23)11-6-14-4-3-5-15(20)12-14/h3-5,7-10,12-13H,6,11,20H2,1-2H3,(H,21,23)(H,22,24). The second-order valence-electron chi connectivity index (χ2n) is 6.01. The first-order chi connectivity index (χ1) is 11.4. The van der Waals surface area contributed by atoms with Crippen molar-refractivity contribution >= 4 is 28.9 Å². The van der Waals surface area contributed by atoms with Gasteiger partial charge in [-0.15, -0.1) is 0 Å². The lowest BCUT2D eigenvalue weighted by Crippen LogP contribution is -2.17. The van der Waals surface area contributed by atoms with Crippen LogP contribution in [0, 0.1) is 5.92 Å². The molecule has 4 N–H and O–H groups in total. The fourth-order valence-electron chi connectivity index (χ4n) is 2.15. The lowest BCUT2D eigenvalue weighted by Gasteiger charge is -2.09. The van der Waals surface area contributed by atoms with Crippen LogP contribution < -0.4 is 16.4 Å². The summed E-state index contributed by atoms with van der Waals surface area (Å²) in [5, 5.41) is 5.66. The first-order valence-electron chi connectivity index (χ1n) is 7.99. The first-order valence-corrected chi connectivity index (χ1v) is 7.99. The number of nitrogen functional groups attached to an aromatic ring is 1. The number of hydrogen-bond acceptors (Lipinski definition) is 3. The van der Waals surface area contributed by atoms with Gasteiger partial charge in [-0.3, -0.25) is 9.59 Å². The molecule has 0 saturated carbocycles. The molecule has 126 valence electrons. The molecule has 2 aromatic rings. The minimum absolute atomic E-state index is 0.0334. The molecule has 0 aliphatic rings. The molecule has 2 amide bonds. The van der Waals surface area contributed by atoms with E-state index < -0.39 is 0 Å². The van der Waals surface area contributed by atoms with E-state index in [-0.39, 0.29) is 17.7 Å². The largest absolute Gasteiger partial charge is 0.399 e. The summed E-state index contributed by atoms with van der Waals surface area (Å²) in [4.78, 5) is 23.6. The minimum atomic E-state index is -0.0728. The molecular formula is C19H23N3O2. The third-order valence-corrected chi connectivity index (χ3v) is 3.55. The fourth-order valence-corrected chi connectivity index (χ4v) is 2.15. The molecule has 2 aromatic carbocycles. The Morgan fingerprint density at radius 3 is 2.21 bits per heavy atom. The average molecular weight is 325 g/mol. The predicted octanol–water partition coefficient (Wildman–Crippen LogP) is 3.43. The Balaban J connectivity index is 1.84. The van der Waals surface area contributed by atoms with Gasteiger partial charge in [0.1, 0.15) is 0 Å². The Morgan fingerprint density at radius 2 is 1.62 bits per heavy atom. The van der Waals surface area contributed by atoms with Gasteiger partial charge in [-0.2, -0.15) is 0 Å². The highest BCUT2D eigenvalue weighted by Crippen LogP contribution is 2.15. The van der Waals surface area contributed by atoms with Crippen LogP contribution in [0.4, 0.5) is 17.1 Å². The van der Waals surface area contributed by atoms with E-state index in [9.17, 15) is 9.59 Å². The maximum atomic E-state index is 12.0. The molecule has 0 atom stereocenters. The van der Waals surface area contributed by atoms with Crippen molar-refractivity contribution in [2.75, 3.05) is 16.4 Å². The van der Waals surface area contributed by atoms with Crippen LogP contribution in [0.3, 0.4) is 0 Å². The summed E-state index contributed by atoms with van der Waals surface area (Å²) in [5.41, 5.74) is 8.88. The second-order valence-corrected chi connectivity index (χ2v) is 6.01. The zero-order valence-corrected chi connectivity index (χ0v) is 14.0. The molecule has 0 heterocycles. The van der Waals surface area contributed by atoms with Crippen molar-refractivity contribution in [3.63, 3.8) is 0 Å². The molecular weight excluding hydrogens is 302 g/mol. The molecule has 2 rings (SSSR count). The Morgan fingerprint density at radius 1 is 1.00 bits per heavy atom. The summed E-state index contributed by atoms with van der Waals surface area (Å²) in [5.74, 6) is -0.165. The van der Waals surface area contributed by atoms with Gasteiger partial charge >= 0.3 is 0 Å². The van der Waals surface area contributed by atoms with E-state index in [0.717, 1.165) is 5.56 Å².